The first kappa shape index (κ1) is 20.1. The smallest absolute Gasteiger partial charge is 0.322 e. The Morgan fingerprint density at radius 3 is 2.40 bits per heavy atom. The fraction of sp³-hybridized carbons (Fsp3) is 0.208. The number of nitrogens with one attached hydrogen (secondary N) is 1. The molecule has 5 nitrogen and oxygen atoms in total. The van der Waals surface area contributed by atoms with Gasteiger partial charge in [-0.05, 0) is 41.3 Å². The average Bonchev–Trinajstić information content (AvgIpc) is 2.78. The highest BCUT2D eigenvalue weighted by Gasteiger charge is 2.33. The fourth-order valence-corrected chi connectivity index (χ4v) is 4.17. The van der Waals surface area contributed by atoms with Crippen LogP contribution in [-0.4, -0.2) is 31.7 Å². The molecule has 0 spiro atoms. The van der Waals surface area contributed by atoms with Crippen molar-refractivity contribution in [2.24, 2.45) is 0 Å². The molecule has 0 saturated carbocycles. The largest absolute Gasteiger partial charge is 0.493 e. The van der Waals surface area contributed by atoms with Gasteiger partial charge in [0.1, 0.15) is 0 Å². The Hall–Kier alpha value is -3.18. The summed E-state index contributed by atoms with van der Waals surface area (Å²) in [6, 6.07) is 20.8. The summed E-state index contributed by atoms with van der Waals surface area (Å²) < 4.78 is 10.6. The van der Waals surface area contributed by atoms with Crippen LogP contribution in [0, 0.1) is 0 Å². The molecule has 4 rings (SSSR count). The zero-order chi connectivity index (χ0) is 21.1. The molecule has 0 unspecified atom stereocenters. The van der Waals surface area contributed by atoms with Crippen LogP contribution in [0.15, 0.2) is 66.7 Å². The van der Waals surface area contributed by atoms with E-state index in [1.54, 1.807) is 32.4 Å². The number of benzene rings is 3. The molecule has 154 valence electrons. The molecule has 0 aliphatic carbocycles. The molecular formula is C24H23ClN2O3. The van der Waals surface area contributed by atoms with Crippen molar-refractivity contribution in [3.8, 4) is 11.5 Å². The van der Waals surface area contributed by atoms with Crippen LogP contribution in [0.2, 0.25) is 5.02 Å². The molecule has 0 bridgehead atoms. The molecule has 2 amide bonds. The molecule has 0 saturated heterocycles. The van der Waals surface area contributed by atoms with Crippen molar-refractivity contribution in [2.45, 2.75) is 12.5 Å². The van der Waals surface area contributed by atoms with Gasteiger partial charge < -0.3 is 19.7 Å². The minimum atomic E-state index is -0.260. The Kier molecular flexibility index (Phi) is 5.81. The first-order valence-electron chi connectivity index (χ1n) is 9.74. The van der Waals surface area contributed by atoms with Gasteiger partial charge in [0.15, 0.2) is 11.5 Å². The number of anilines is 1. The number of rotatable bonds is 4. The van der Waals surface area contributed by atoms with Crippen molar-refractivity contribution in [2.75, 3.05) is 26.1 Å². The number of urea groups is 1. The second-order valence-corrected chi connectivity index (χ2v) is 7.47. The molecule has 30 heavy (non-hydrogen) atoms. The van der Waals surface area contributed by atoms with Gasteiger partial charge in [-0.25, -0.2) is 4.79 Å². The average molecular weight is 423 g/mol. The van der Waals surface area contributed by atoms with Gasteiger partial charge in [0.25, 0.3) is 0 Å². The summed E-state index contributed by atoms with van der Waals surface area (Å²) in [5.41, 5.74) is 3.88. The number of ether oxygens (including phenoxy) is 2. The van der Waals surface area contributed by atoms with Crippen molar-refractivity contribution < 1.29 is 14.3 Å². The van der Waals surface area contributed by atoms with Crippen LogP contribution in [-0.2, 0) is 6.42 Å². The van der Waals surface area contributed by atoms with Gasteiger partial charge in [-0.15, -0.1) is 0 Å². The third-order valence-corrected chi connectivity index (χ3v) is 5.72. The number of hydrogen-bond donors (Lipinski definition) is 1. The zero-order valence-corrected chi connectivity index (χ0v) is 17.6. The summed E-state index contributed by atoms with van der Waals surface area (Å²) in [5, 5.41) is 3.64. The summed E-state index contributed by atoms with van der Waals surface area (Å²) in [5.74, 6) is 1.17. The Bertz CT molecular complexity index is 1070. The van der Waals surface area contributed by atoms with Crippen LogP contribution in [0.5, 0.6) is 11.5 Å². The predicted molar refractivity (Wildman–Crippen MR) is 119 cm³/mol. The third-order valence-electron chi connectivity index (χ3n) is 5.38. The van der Waals surface area contributed by atoms with Gasteiger partial charge in [-0.3, -0.25) is 0 Å². The molecule has 0 radical (unpaired) electrons. The standard InChI is InChI=1S/C24H23ClN2O3/c1-29-21-12-11-17(15-22(21)30-2)26-24(28)27-14-13-16-7-3-4-8-18(16)23(27)19-9-5-6-10-20(19)25/h3-12,15,23H,13-14H2,1-2H3,(H,26,28)/t23-/m1/s1. The van der Waals surface area contributed by atoms with Crippen molar-refractivity contribution in [3.05, 3.63) is 88.4 Å². The van der Waals surface area contributed by atoms with Crippen molar-refractivity contribution in [1.82, 2.24) is 4.90 Å². The van der Waals surface area contributed by atoms with E-state index in [1.165, 1.54) is 5.56 Å². The Morgan fingerprint density at radius 1 is 0.967 bits per heavy atom. The van der Waals surface area contributed by atoms with Gasteiger partial charge >= 0.3 is 6.03 Å². The number of fused-ring (bicyclic) bond motifs is 1. The number of halogens is 1. The van der Waals surface area contributed by atoms with Crippen LogP contribution in [0.1, 0.15) is 22.7 Å². The summed E-state index contributed by atoms with van der Waals surface area (Å²) in [6.45, 7) is 0.589. The van der Waals surface area contributed by atoms with Crippen LogP contribution in [0.4, 0.5) is 10.5 Å². The van der Waals surface area contributed by atoms with E-state index in [0.29, 0.717) is 28.8 Å². The van der Waals surface area contributed by atoms with Gasteiger partial charge in [-0.2, -0.15) is 0 Å². The highest BCUT2D eigenvalue weighted by Crippen LogP contribution is 2.38. The Balaban J connectivity index is 1.68. The van der Waals surface area contributed by atoms with Gasteiger partial charge in [0.05, 0.1) is 20.3 Å². The first-order chi connectivity index (χ1) is 14.6. The van der Waals surface area contributed by atoms with Crippen molar-refractivity contribution in [3.63, 3.8) is 0 Å². The maximum absolute atomic E-state index is 13.3. The molecule has 0 aromatic heterocycles. The number of methoxy groups -OCH3 is 2. The quantitative estimate of drug-likeness (QED) is 0.600. The van der Waals surface area contributed by atoms with Crippen molar-refractivity contribution in [1.29, 1.82) is 0 Å². The summed E-state index contributed by atoms with van der Waals surface area (Å²) in [7, 11) is 3.15. The van der Waals surface area contributed by atoms with E-state index < -0.39 is 0 Å². The summed E-state index contributed by atoms with van der Waals surface area (Å²) >= 11 is 6.54. The monoisotopic (exact) mass is 422 g/mol. The van der Waals surface area contributed by atoms with Gasteiger partial charge in [-0.1, -0.05) is 54.1 Å². The minimum Gasteiger partial charge on any atom is -0.493 e. The number of amides is 2. The molecule has 6 heteroatoms. The molecule has 1 aliphatic heterocycles. The van der Waals surface area contributed by atoms with Crippen molar-refractivity contribution >= 4 is 23.3 Å². The fourth-order valence-electron chi connectivity index (χ4n) is 3.93. The van der Waals surface area contributed by atoms with Gasteiger partial charge in [0, 0.05) is 23.3 Å². The number of carbonyl (C=O) groups is 1. The van der Waals surface area contributed by atoms with Crippen LogP contribution >= 0.6 is 11.6 Å². The maximum Gasteiger partial charge on any atom is 0.322 e. The number of carbonyl (C=O) groups excluding carboxylic acids is 1. The molecule has 1 aliphatic rings. The SMILES string of the molecule is COc1ccc(NC(=O)N2CCc3ccccc3[C@@H]2c2ccccc2Cl)cc1OC. The van der Waals surface area contributed by atoms with E-state index in [9.17, 15) is 4.79 Å². The first-order valence-corrected chi connectivity index (χ1v) is 10.1. The minimum absolute atomic E-state index is 0.193. The molecule has 1 N–H and O–H groups in total. The second-order valence-electron chi connectivity index (χ2n) is 7.07. The molecule has 3 aromatic carbocycles. The number of nitrogens with zero attached hydrogens (tertiary/aromatic N) is 1. The summed E-state index contributed by atoms with van der Waals surface area (Å²) in [6.07, 6.45) is 0.788. The van der Waals surface area contributed by atoms with Crippen LogP contribution in [0.3, 0.4) is 0 Å². The number of hydrogen-bond acceptors (Lipinski definition) is 3. The van der Waals surface area contributed by atoms with Gasteiger partial charge in [0.2, 0.25) is 0 Å². The zero-order valence-electron chi connectivity index (χ0n) is 16.9. The molecular weight excluding hydrogens is 400 g/mol. The lowest BCUT2D eigenvalue weighted by Gasteiger charge is -2.38. The van der Waals surface area contributed by atoms with E-state index >= 15 is 0 Å². The second kappa shape index (κ2) is 8.67. The molecule has 3 aromatic rings. The molecule has 1 atom stereocenters. The Morgan fingerprint density at radius 2 is 1.67 bits per heavy atom. The summed E-state index contributed by atoms with van der Waals surface area (Å²) in [4.78, 5) is 15.2. The lowest BCUT2D eigenvalue weighted by molar-refractivity contribution is 0.194. The molecule has 1 heterocycles. The van der Waals surface area contributed by atoms with Crippen LogP contribution in [0.25, 0.3) is 0 Å². The van der Waals surface area contributed by atoms with E-state index in [0.717, 1.165) is 17.5 Å². The van der Waals surface area contributed by atoms with E-state index in [4.69, 9.17) is 21.1 Å². The third kappa shape index (κ3) is 3.81. The van der Waals surface area contributed by atoms with Crippen LogP contribution < -0.4 is 14.8 Å². The highest BCUT2D eigenvalue weighted by molar-refractivity contribution is 6.31. The predicted octanol–water partition coefficient (Wildman–Crippen LogP) is 5.54. The maximum atomic E-state index is 13.3. The lowest BCUT2D eigenvalue weighted by Crippen LogP contribution is -2.43. The normalized spacial score (nSPS) is 15.3. The lowest BCUT2D eigenvalue weighted by atomic mass is 9.88. The Labute approximate surface area is 181 Å². The highest BCUT2D eigenvalue weighted by atomic mass is 35.5. The molecule has 0 fully saturated rings. The van der Waals surface area contributed by atoms with E-state index in [-0.39, 0.29) is 12.1 Å². The van der Waals surface area contributed by atoms with E-state index in [2.05, 4.69) is 17.4 Å². The van der Waals surface area contributed by atoms with E-state index in [1.807, 2.05) is 41.3 Å². The topological polar surface area (TPSA) is 50.8 Å².